The van der Waals surface area contributed by atoms with Gasteiger partial charge in [-0.05, 0) is 38.3 Å². The summed E-state index contributed by atoms with van der Waals surface area (Å²) in [5, 5.41) is 3.34. The molecule has 0 spiro atoms. The van der Waals surface area contributed by atoms with Crippen LogP contribution >= 0.6 is 0 Å². The summed E-state index contributed by atoms with van der Waals surface area (Å²) in [5.74, 6) is 1.54. The molecule has 0 aromatic heterocycles. The molecule has 15 heavy (non-hydrogen) atoms. The standard InChI is InChI=1S/C13H28N2/c1-10(2)12-7-6-8-15(12)13(9-14-5)11(3)4/h10-14H,6-9H2,1-5H3. The fraction of sp³-hybridized carbons (Fsp3) is 1.00. The highest BCUT2D eigenvalue weighted by molar-refractivity contribution is 4.88. The summed E-state index contributed by atoms with van der Waals surface area (Å²) in [6, 6.07) is 1.52. The van der Waals surface area contributed by atoms with Crippen LogP contribution in [-0.4, -0.2) is 37.1 Å². The van der Waals surface area contributed by atoms with Gasteiger partial charge in [0, 0.05) is 18.6 Å². The van der Waals surface area contributed by atoms with E-state index in [1.807, 2.05) is 0 Å². The Bertz CT molecular complexity index is 177. The van der Waals surface area contributed by atoms with Crippen molar-refractivity contribution in [2.45, 2.75) is 52.6 Å². The van der Waals surface area contributed by atoms with Crippen molar-refractivity contribution in [2.75, 3.05) is 20.1 Å². The average molecular weight is 212 g/mol. The molecule has 2 nitrogen and oxygen atoms in total. The van der Waals surface area contributed by atoms with E-state index in [0.717, 1.165) is 24.4 Å². The van der Waals surface area contributed by atoms with Gasteiger partial charge in [0.25, 0.3) is 0 Å². The van der Waals surface area contributed by atoms with E-state index in [2.05, 4.69) is 45.0 Å². The molecule has 1 saturated heterocycles. The summed E-state index contributed by atoms with van der Waals surface area (Å²) in [6.07, 6.45) is 2.78. The number of hydrogen-bond acceptors (Lipinski definition) is 2. The van der Waals surface area contributed by atoms with E-state index in [9.17, 15) is 0 Å². The van der Waals surface area contributed by atoms with E-state index in [-0.39, 0.29) is 0 Å². The number of likely N-dealkylation sites (N-methyl/N-ethyl adjacent to an activating group) is 1. The maximum Gasteiger partial charge on any atom is 0.0246 e. The zero-order valence-corrected chi connectivity index (χ0v) is 11.1. The first-order valence-electron chi connectivity index (χ1n) is 6.48. The number of hydrogen-bond donors (Lipinski definition) is 1. The third kappa shape index (κ3) is 3.18. The molecule has 1 heterocycles. The zero-order valence-electron chi connectivity index (χ0n) is 11.1. The van der Waals surface area contributed by atoms with Crippen LogP contribution in [0.5, 0.6) is 0 Å². The Morgan fingerprint density at radius 3 is 2.40 bits per heavy atom. The molecule has 2 atom stereocenters. The first-order valence-corrected chi connectivity index (χ1v) is 6.48. The fourth-order valence-electron chi connectivity index (χ4n) is 2.89. The molecule has 0 aromatic carbocycles. The smallest absolute Gasteiger partial charge is 0.0246 e. The zero-order chi connectivity index (χ0) is 11.4. The molecular formula is C13H28N2. The van der Waals surface area contributed by atoms with Gasteiger partial charge in [0.2, 0.25) is 0 Å². The Morgan fingerprint density at radius 1 is 1.27 bits per heavy atom. The van der Waals surface area contributed by atoms with Crippen LogP contribution in [0.2, 0.25) is 0 Å². The van der Waals surface area contributed by atoms with Crippen LogP contribution < -0.4 is 5.32 Å². The molecule has 1 rings (SSSR count). The van der Waals surface area contributed by atoms with E-state index < -0.39 is 0 Å². The Hall–Kier alpha value is -0.0800. The van der Waals surface area contributed by atoms with Gasteiger partial charge in [0.05, 0.1) is 0 Å². The normalized spacial score (nSPS) is 25.4. The molecule has 0 aromatic rings. The van der Waals surface area contributed by atoms with Gasteiger partial charge in [-0.3, -0.25) is 4.90 Å². The van der Waals surface area contributed by atoms with Crippen molar-refractivity contribution in [1.82, 2.24) is 10.2 Å². The molecule has 90 valence electrons. The van der Waals surface area contributed by atoms with Gasteiger partial charge in [-0.15, -0.1) is 0 Å². The molecule has 0 bridgehead atoms. The van der Waals surface area contributed by atoms with Crippen molar-refractivity contribution < 1.29 is 0 Å². The predicted octanol–water partition coefficient (Wildman–Crippen LogP) is 2.35. The maximum absolute atomic E-state index is 3.34. The number of likely N-dealkylation sites (tertiary alicyclic amines) is 1. The quantitative estimate of drug-likeness (QED) is 0.752. The first-order chi connectivity index (χ1) is 7.07. The molecule has 2 heteroatoms. The van der Waals surface area contributed by atoms with Crippen molar-refractivity contribution in [2.24, 2.45) is 11.8 Å². The van der Waals surface area contributed by atoms with E-state index >= 15 is 0 Å². The van der Waals surface area contributed by atoms with Crippen LogP contribution in [0.15, 0.2) is 0 Å². The second-order valence-corrected chi connectivity index (χ2v) is 5.56. The minimum absolute atomic E-state index is 0.713. The van der Waals surface area contributed by atoms with Crippen molar-refractivity contribution in [3.8, 4) is 0 Å². The molecule has 1 N–H and O–H groups in total. The second-order valence-electron chi connectivity index (χ2n) is 5.56. The molecule has 0 aliphatic carbocycles. The minimum Gasteiger partial charge on any atom is -0.318 e. The highest BCUT2D eigenvalue weighted by atomic mass is 15.2. The van der Waals surface area contributed by atoms with Gasteiger partial charge in [-0.2, -0.15) is 0 Å². The molecule has 1 fully saturated rings. The topological polar surface area (TPSA) is 15.3 Å². The summed E-state index contributed by atoms with van der Waals surface area (Å²) in [4.78, 5) is 2.74. The van der Waals surface area contributed by atoms with Crippen LogP contribution in [0.3, 0.4) is 0 Å². The molecule has 1 aliphatic rings. The number of nitrogens with zero attached hydrogens (tertiary/aromatic N) is 1. The second kappa shape index (κ2) is 5.86. The maximum atomic E-state index is 3.34. The summed E-state index contributed by atoms with van der Waals surface area (Å²) in [7, 11) is 2.07. The van der Waals surface area contributed by atoms with Gasteiger partial charge in [-0.1, -0.05) is 27.7 Å². The molecule has 0 radical (unpaired) electrons. The Labute approximate surface area is 95.4 Å². The van der Waals surface area contributed by atoms with Crippen LogP contribution in [-0.2, 0) is 0 Å². The highest BCUT2D eigenvalue weighted by Crippen LogP contribution is 2.28. The summed E-state index contributed by atoms with van der Waals surface area (Å²) >= 11 is 0. The van der Waals surface area contributed by atoms with Crippen LogP contribution in [0.25, 0.3) is 0 Å². The van der Waals surface area contributed by atoms with Gasteiger partial charge < -0.3 is 5.32 Å². The molecule has 0 saturated carbocycles. The molecule has 1 aliphatic heterocycles. The van der Waals surface area contributed by atoms with Crippen LogP contribution in [0.4, 0.5) is 0 Å². The van der Waals surface area contributed by atoms with E-state index in [1.165, 1.54) is 19.4 Å². The van der Waals surface area contributed by atoms with Crippen molar-refractivity contribution >= 4 is 0 Å². The number of rotatable bonds is 5. The highest BCUT2D eigenvalue weighted by Gasteiger charge is 2.33. The van der Waals surface area contributed by atoms with Crippen molar-refractivity contribution in [1.29, 1.82) is 0 Å². The summed E-state index contributed by atoms with van der Waals surface area (Å²) in [6.45, 7) is 11.8. The first kappa shape index (κ1) is 13.0. The average Bonchev–Trinajstić information content (AvgIpc) is 2.61. The largest absolute Gasteiger partial charge is 0.318 e. The minimum atomic E-state index is 0.713. The third-order valence-electron chi connectivity index (χ3n) is 3.72. The van der Waals surface area contributed by atoms with E-state index in [1.54, 1.807) is 0 Å². The van der Waals surface area contributed by atoms with Gasteiger partial charge in [-0.25, -0.2) is 0 Å². The van der Waals surface area contributed by atoms with E-state index in [0.29, 0.717) is 6.04 Å². The predicted molar refractivity (Wildman–Crippen MR) is 67.1 cm³/mol. The lowest BCUT2D eigenvalue weighted by atomic mass is 9.96. The lowest BCUT2D eigenvalue weighted by Gasteiger charge is -2.37. The van der Waals surface area contributed by atoms with Gasteiger partial charge in [0.15, 0.2) is 0 Å². The van der Waals surface area contributed by atoms with Gasteiger partial charge >= 0.3 is 0 Å². The van der Waals surface area contributed by atoms with Crippen LogP contribution in [0, 0.1) is 11.8 Å². The van der Waals surface area contributed by atoms with Gasteiger partial charge in [0.1, 0.15) is 0 Å². The van der Waals surface area contributed by atoms with E-state index in [4.69, 9.17) is 0 Å². The lowest BCUT2D eigenvalue weighted by molar-refractivity contribution is 0.113. The lowest BCUT2D eigenvalue weighted by Crippen LogP contribution is -2.48. The Balaban J connectivity index is 2.64. The van der Waals surface area contributed by atoms with Crippen molar-refractivity contribution in [3.63, 3.8) is 0 Å². The Kier molecular flexibility index (Phi) is 5.07. The van der Waals surface area contributed by atoms with Crippen LogP contribution in [0.1, 0.15) is 40.5 Å². The third-order valence-corrected chi connectivity index (χ3v) is 3.72. The molecule has 0 amide bonds. The molecule has 2 unspecified atom stereocenters. The Morgan fingerprint density at radius 2 is 1.93 bits per heavy atom. The monoisotopic (exact) mass is 212 g/mol. The SMILES string of the molecule is CNCC(C(C)C)N1CCCC1C(C)C. The summed E-state index contributed by atoms with van der Waals surface area (Å²) in [5.41, 5.74) is 0. The van der Waals surface area contributed by atoms with Crippen molar-refractivity contribution in [3.05, 3.63) is 0 Å². The summed E-state index contributed by atoms with van der Waals surface area (Å²) < 4.78 is 0. The molecular weight excluding hydrogens is 184 g/mol. The fourth-order valence-corrected chi connectivity index (χ4v) is 2.89. The number of nitrogens with one attached hydrogen (secondary N) is 1.